The van der Waals surface area contributed by atoms with Crippen molar-refractivity contribution in [3.8, 4) is 0 Å². The van der Waals surface area contributed by atoms with Gasteiger partial charge in [-0.1, -0.05) is 0 Å². The van der Waals surface area contributed by atoms with E-state index in [0.717, 1.165) is 0 Å². The molecule has 6 nitrogen and oxygen atoms in total. The molecule has 0 aromatic rings. The van der Waals surface area contributed by atoms with Crippen LogP contribution in [0.2, 0.25) is 0 Å². The predicted octanol–water partition coefficient (Wildman–Crippen LogP) is -2.56. The Labute approximate surface area is 68.4 Å². The molecule has 70 valence electrons. The minimum Gasteiger partial charge on any atom is -0.393 e. The Bertz CT molecular complexity index is 147. The van der Waals surface area contributed by atoms with E-state index in [0.29, 0.717) is 0 Å². The first-order valence-corrected chi connectivity index (χ1v) is 3.18. The van der Waals surface area contributed by atoms with E-state index in [-0.39, 0.29) is 12.6 Å². The molecule has 3 N–H and O–H groups in total. The van der Waals surface area contributed by atoms with Crippen molar-refractivity contribution in [1.82, 2.24) is 0 Å². The van der Waals surface area contributed by atoms with Crippen LogP contribution in [0, 0.1) is 0 Å². The maximum Gasteiger partial charge on any atom is 0.188 e. The van der Waals surface area contributed by atoms with E-state index in [9.17, 15) is 9.59 Å². The average molecular weight is 178 g/mol. The van der Waals surface area contributed by atoms with Gasteiger partial charge in [-0.15, -0.1) is 0 Å². The van der Waals surface area contributed by atoms with Crippen molar-refractivity contribution in [2.75, 3.05) is 6.61 Å². The van der Waals surface area contributed by atoms with E-state index >= 15 is 0 Å². The Morgan fingerprint density at radius 1 is 1.25 bits per heavy atom. The quantitative estimate of drug-likeness (QED) is 0.305. The minimum absolute atomic E-state index is 0.0594. The zero-order valence-corrected chi connectivity index (χ0v) is 6.16. The van der Waals surface area contributed by atoms with Crippen LogP contribution in [0.5, 0.6) is 0 Å². The van der Waals surface area contributed by atoms with Crippen molar-refractivity contribution in [1.29, 1.82) is 0 Å². The zero-order chi connectivity index (χ0) is 9.56. The first-order chi connectivity index (χ1) is 5.65. The molecule has 0 bridgehead atoms. The molecule has 0 radical (unpaired) electrons. The Morgan fingerprint density at radius 3 is 2.17 bits per heavy atom. The van der Waals surface area contributed by atoms with E-state index < -0.39 is 25.1 Å². The zero-order valence-electron chi connectivity index (χ0n) is 6.16. The number of rotatable bonds is 6. The lowest BCUT2D eigenvalue weighted by atomic mass is 10.3. The molecule has 0 amide bonds. The van der Waals surface area contributed by atoms with Gasteiger partial charge in [-0.3, -0.25) is 0 Å². The Kier molecular flexibility index (Phi) is 5.39. The van der Waals surface area contributed by atoms with Gasteiger partial charge in [-0.05, 0) is 0 Å². The number of aliphatic hydroxyl groups excluding tert-OH is 3. The minimum atomic E-state index is -1.79. The van der Waals surface area contributed by atoms with Gasteiger partial charge in [-0.2, -0.15) is 0 Å². The van der Waals surface area contributed by atoms with E-state index in [1.807, 2.05) is 0 Å². The molecule has 0 saturated carbocycles. The Balaban J connectivity index is 3.87. The van der Waals surface area contributed by atoms with Gasteiger partial charge in [0.2, 0.25) is 0 Å². The summed E-state index contributed by atoms with van der Waals surface area (Å²) in [6.07, 6.45) is -4.41. The van der Waals surface area contributed by atoms with Gasteiger partial charge < -0.3 is 29.6 Å². The Hall–Kier alpha value is -0.820. The van der Waals surface area contributed by atoms with E-state index in [4.69, 9.17) is 15.3 Å². The highest BCUT2D eigenvalue weighted by molar-refractivity contribution is 5.57. The summed E-state index contributed by atoms with van der Waals surface area (Å²) >= 11 is 0. The van der Waals surface area contributed by atoms with Gasteiger partial charge in [0, 0.05) is 0 Å². The van der Waals surface area contributed by atoms with Crippen LogP contribution in [-0.2, 0) is 14.3 Å². The van der Waals surface area contributed by atoms with Crippen LogP contribution in [0.1, 0.15) is 0 Å². The maximum atomic E-state index is 10.0. The molecule has 0 saturated heterocycles. The molecule has 0 aromatic carbocycles. The second kappa shape index (κ2) is 5.78. The SMILES string of the molecule is O=C[C@@H](O)[C@H](O)O[C@@H](C=O)CO. The second-order valence-corrected chi connectivity index (χ2v) is 2.01. The van der Waals surface area contributed by atoms with Gasteiger partial charge in [-0.25, -0.2) is 0 Å². The lowest BCUT2D eigenvalue weighted by molar-refractivity contribution is -0.189. The van der Waals surface area contributed by atoms with Crippen molar-refractivity contribution in [3.05, 3.63) is 0 Å². The largest absolute Gasteiger partial charge is 0.393 e. The molecule has 6 heteroatoms. The molecule has 0 aliphatic heterocycles. The number of hydrogen-bond donors (Lipinski definition) is 3. The van der Waals surface area contributed by atoms with Gasteiger partial charge in [0.25, 0.3) is 0 Å². The van der Waals surface area contributed by atoms with Crippen LogP contribution in [0.4, 0.5) is 0 Å². The standard InChI is InChI=1S/C6H10O6/c7-1-4(2-8)12-6(11)5(10)3-9/h1,3-6,8,10-11H,2H2/t4-,5+,6+/m0/s1. The van der Waals surface area contributed by atoms with Gasteiger partial charge in [0.05, 0.1) is 6.61 Å². The highest BCUT2D eigenvalue weighted by Crippen LogP contribution is 1.97. The molecule has 3 atom stereocenters. The highest BCUT2D eigenvalue weighted by Gasteiger charge is 2.19. The summed E-state index contributed by atoms with van der Waals surface area (Å²) in [5.41, 5.74) is 0. The molecule has 0 aliphatic carbocycles. The van der Waals surface area contributed by atoms with E-state index in [1.54, 1.807) is 0 Å². The summed E-state index contributed by atoms with van der Waals surface area (Å²) in [5.74, 6) is 0. The smallest absolute Gasteiger partial charge is 0.188 e. The molecule has 0 aromatic heterocycles. The molecule has 0 fully saturated rings. The summed E-state index contributed by atoms with van der Waals surface area (Å²) in [4.78, 5) is 19.9. The van der Waals surface area contributed by atoms with Crippen molar-refractivity contribution in [2.24, 2.45) is 0 Å². The van der Waals surface area contributed by atoms with Crippen LogP contribution >= 0.6 is 0 Å². The summed E-state index contributed by atoms with van der Waals surface area (Å²) < 4.78 is 4.36. The van der Waals surface area contributed by atoms with Crippen molar-refractivity contribution >= 4 is 12.6 Å². The average Bonchev–Trinajstić information content (AvgIpc) is 2.12. The summed E-state index contributed by atoms with van der Waals surface area (Å²) in [7, 11) is 0. The van der Waals surface area contributed by atoms with E-state index in [1.165, 1.54) is 0 Å². The monoisotopic (exact) mass is 178 g/mol. The summed E-state index contributed by atoms with van der Waals surface area (Å²) in [6.45, 7) is -0.619. The highest BCUT2D eigenvalue weighted by atomic mass is 16.6. The number of aldehydes is 2. The van der Waals surface area contributed by atoms with Crippen LogP contribution in [-0.4, -0.2) is 53.0 Å². The third-order valence-corrected chi connectivity index (χ3v) is 1.08. The predicted molar refractivity (Wildman–Crippen MR) is 36.1 cm³/mol. The molecular formula is C6H10O6. The van der Waals surface area contributed by atoms with Crippen LogP contribution in [0.25, 0.3) is 0 Å². The first kappa shape index (κ1) is 11.2. The molecule has 0 heterocycles. The molecule has 12 heavy (non-hydrogen) atoms. The van der Waals surface area contributed by atoms with Crippen LogP contribution in [0.3, 0.4) is 0 Å². The Morgan fingerprint density at radius 2 is 1.83 bits per heavy atom. The number of ether oxygens (including phenoxy) is 1. The maximum absolute atomic E-state index is 10.0. The van der Waals surface area contributed by atoms with Crippen LogP contribution in [0.15, 0.2) is 0 Å². The number of carbonyl (C=O) groups excluding carboxylic acids is 2. The fraction of sp³-hybridized carbons (Fsp3) is 0.667. The van der Waals surface area contributed by atoms with Gasteiger partial charge >= 0.3 is 0 Å². The number of carbonyl (C=O) groups is 2. The van der Waals surface area contributed by atoms with E-state index in [2.05, 4.69) is 4.74 Å². The summed E-state index contributed by atoms with van der Waals surface area (Å²) in [5, 5.41) is 25.8. The fourth-order valence-electron chi connectivity index (χ4n) is 0.445. The second-order valence-electron chi connectivity index (χ2n) is 2.01. The molecule has 0 unspecified atom stereocenters. The third-order valence-electron chi connectivity index (χ3n) is 1.08. The summed E-state index contributed by atoms with van der Waals surface area (Å²) in [6, 6.07) is 0. The molecule has 0 aliphatic rings. The molecular weight excluding hydrogens is 168 g/mol. The lowest BCUT2D eigenvalue weighted by Crippen LogP contribution is -2.35. The number of hydrogen-bond acceptors (Lipinski definition) is 6. The first-order valence-electron chi connectivity index (χ1n) is 3.18. The van der Waals surface area contributed by atoms with Crippen LogP contribution < -0.4 is 0 Å². The van der Waals surface area contributed by atoms with Gasteiger partial charge in [0.1, 0.15) is 6.10 Å². The van der Waals surface area contributed by atoms with Gasteiger partial charge in [0.15, 0.2) is 25.0 Å². The molecule has 0 spiro atoms. The van der Waals surface area contributed by atoms with Crippen molar-refractivity contribution in [3.63, 3.8) is 0 Å². The lowest BCUT2D eigenvalue weighted by Gasteiger charge is -2.16. The third kappa shape index (κ3) is 3.54. The fourth-order valence-corrected chi connectivity index (χ4v) is 0.445. The van der Waals surface area contributed by atoms with Crippen molar-refractivity contribution < 1.29 is 29.6 Å². The molecule has 0 rings (SSSR count). The number of aliphatic hydroxyl groups is 3. The van der Waals surface area contributed by atoms with Crippen molar-refractivity contribution in [2.45, 2.75) is 18.5 Å². The topological polar surface area (TPSA) is 104 Å². The normalized spacial score (nSPS) is 17.9.